The van der Waals surface area contributed by atoms with Gasteiger partial charge in [-0.05, 0) is 0 Å². The Labute approximate surface area is 98.7 Å². The lowest BCUT2D eigenvalue weighted by molar-refractivity contribution is -0.143. The number of ether oxygens (including phenoxy) is 1. The summed E-state index contributed by atoms with van der Waals surface area (Å²) in [5, 5.41) is 8.48. The second kappa shape index (κ2) is 9.07. The summed E-state index contributed by atoms with van der Waals surface area (Å²) >= 11 is 1.33. The Balaban J connectivity index is 3.37. The van der Waals surface area contributed by atoms with E-state index in [0.29, 0.717) is 17.9 Å². The first-order valence-electron chi connectivity index (χ1n) is 4.73. The van der Waals surface area contributed by atoms with Gasteiger partial charge in [-0.15, -0.1) is 12.3 Å². The molecule has 0 aromatic heterocycles. The molecule has 5 nitrogen and oxygen atoms in total. The third kappa shape index (κ3) is 8.15. The van der Waals surface area contributed by atoms with Gasteiger partial charge in [0.05, 0.1) is 6.42 Å². The molecule has 0 heterocycles. The topological polar surface area (TPSA) is 89.6 Å². The van der Waals surface area contributed by atoms with Crippen molar-refractivity contribution in [3.63, 3.8) is 0 Å². The van der Waals surface area contributed by atoms with Crippen LogP contribution in [0.2, 0.25) is 0 Å². The van der Waals surface area contributed by atoms with Crippen LogP contribution >= 0.6 is 11.8 Å². The first kappa shape index (κ1) is 14.8. The molecule has 0 aliphatic rings. The predicted molar refractivity (Wildman–Crippen MR) is 62.0 cm³/mol. The zero-order valence-electron chi connectivity index (χ0n) is 8.85. The van der Waals surface area contributed by atoms with Gasteiger partial charge in [-0.25, -0.2) is 0 Å². The van der Waals surface area contributed by atoms with E-state index in [4.69, 9.17) is 22.0 Å². The molecule has 0 aromatic rings. The van der Waals surface area contributed by atoms with E-state index in [1.54, 1.807) is 0 Å². The van der Waals surface area contributed by atoms with Crippen LogP contribution in [0.4, 0.5) is 0 Å². The maximum Gasteiger partial charge on any atom is 0.321 e. The molecule has 0 unspecified atom stereocenters. The highest BCUT2D eigenvalue weighted by Gasteiger charge is 2.10. The molecule has 0 saturated heterocycles. The smallest absolute Gasteiger partial charge is 0.321 e. The van der Waals surface area contributed by atoms with Crippen molar-refractivity contribution >= 4 is 23.7 Å². The van der Waals surface area contributed by atoms with Gasteiger partial charge in [0.2, 0.25) is 0 Å². The summed E-state index contributed by atoms with van der Waals surface area (Å²) in [5.74, 6) is 1.81. The third-order valence-corrected chi connectivity index (χ3v) is 2.63. The van der Waals surface area contributed by atoms with Crippen molar-refractivity contribution in [1.29, 1.82) is 0 Å². The Morgan fingerprint density at radius 1 is 1.56 bits per heavy atom. The summed E-state index contributed by atoms with van der Waals surface area (Å²) in [6.45, 7) is 0.250. The molecule has 6 heteroatoms. The number of hydrogen-bond donors (Lipinski definition) is 2. The SMILES string of the molecule is C#CCCC(=O)OCCSC[C@H](N)C(=O)O. The van der Waals surface area contributed by atoms with Gasteiger partial charge in [-0.2, -0.15) is 11.8 Å². The first-order chi connectivity index (χ1) is 7.57. The molecule has 0 aromatic carbocycles. The molecule has 0 aliphatic carbocycles. The molecule has 0 aliphatic heterocycles. The zero-order chi connectivity index (χ0) is 12.4. The van der Waals surface area contributed by atoms with E-state index in [0.717, 1.165) is 0 Å². The van der Waals surface area contributed by atoms with E-state index in [1.807, 2.05) is 0 Å². The average molecular weight is 245 g/mol. The van der Waals surface area contributed by atoms with Gasteiger partial charge in [0.1, 0.15) is 12.6 Å². The van der Waals surface area contributed by atoms with Crippen LogP contribution in [0.15, 0.2) is 0 Å². The second-order valence-corrected chi connectivity index (χ2v) is 4.09. The molecule has 0 spiro atoms. The Morgan fingerprint density at radius 3 is 2.81 bits per heavy atom. The number of aliphatic carboxylic acids is 1. The second-order valence-electron chi connectivity index (χ2n) is 2.94. The van der Waals surface area contributed by atoms with Crippen LogP contribution in [-0.2, 0) is 14.3 Å². The van der Waals surface area contributed by atoms with Crippen LogP contribution in [0.5, 0.6) is 0 Å². The van der Waals surface area contributed by atoms with E-state index in [2.05, 4.69) is 5.92 Å². The molecule has 0 amide bonds. The molecule has 16 heavy (non-hydrogen) atoms. The maximum absolute atomic E-state index is 11.0. The number of thioether (sulfide) groups is 1. The van der Waals surface area contributed by atoms with E-state index in [1.165, 1.54) is 11.8 Å². The van der Waals surface area contributed by atoms with Gasteiger partial charge in [0.25, 0.3) is 0 Å². The minimum Gasteiger partial charge on any atom is -0.480 e. The summed E-state index contributed by atoms with van der Waals surface area (Å²) < 4.78 is 4.84. The maximum atomic E-state index is 11.0. The van der Waals surface area contributed by atoms with Crippen molar-refractivity contribution in [2.75, 3.05) is 18.1 Å². The number of rotatable bonds is 8. The van der Waals surface area contributed by atoms with Gasteiger partial charge in [0, 0.05) is 17.9 Å². The number of carbonyl (C=O) groups excluding carboxylic acids is 1. The highest BCUT2D eigenvalue weighted by atomic mass is 32.2. The Morgan fingerprint density at radius 2 is 2.25 bits per heavy atom. The van der Waals surface area contributed by atoms with E-state index in [9.17, 15) is 9.59 Å². The van der Waals surface area contributed by atoms with Gasteiger partial charge in [-0.3, -0.25) is 9.59 Å². The summed E-state index contributed by atoms with van der Waals surface area (Å²) in [7, 11) is 0. The number of hydrogen-bond acceptors (Lipinski definition) is 5. The van der Waals surface area contributed by atoms with E-state index in [-0.39, 0.29) is 19.0 Å². The largest absolute Gasteiger partial charge is 0.480 e. The highest BCUT2D eigenvalue weighted by Crippen LogP contribution is 2.02. The number of carboxylic acids is 1. The van der Waals surface area contributed by atoms with Crippen LogP contribution < -0.4 is 5.73 Å². The minimum absolute atomic E-state index is 0.218. The van der Waals surface area contributed by atoms with Crippen molar-refractivity contribution in [3.8, 4) is 12.3 Å². The predicted octanol–water partition coefficient (Wildman–Crippen LogP) is 0.0881. The lowest BCUT2D eigenvalue weighted by Crippen LogP contribution is -2.32. The third-order valence-electron chi connectivity index (χ3n) is 1.58. The van der Waals surface area contributed by atoms with Crippen molar-refractivity contribution in [3.05, 3.63) is 0 Å². The van der Waals surface area contributed by atoms with Crippen LogP contribution in [0.1, 0.15) is 12.8 Å². The first-order valence-corrected chi connectivity index (χ1v) is 5.88. The van der Waals surface area contributed by atoms with Gasteiger partial charge in [-0.1, -0.05) is 0 Å². The molecule has 0 saturated carbocycles. The highest BCUT2D eigenvalue weighted by molar-refractivity contribution is 7.99. The van der Waals surface area contributed by atoms with Crippen LogP contribution in [-0.4, -0.2) is 41.2 Å². The standard InChI is InChI=1S/C10H15NO4S/c1-2-3-4-9(12)15-5-6-16-7-8(11)10(13)14/h1,8H,3-7,11H2,(H,13,14)/t8-/m0/s1. The number of terminal acetylenes is 1. The normalized spacial score (nSPS) is 11.5. The molecule has 90 valence electrons. The summed E-state index contributed by atoms with van der Waals surface area (Å²) in [4.78, 5) is 21.3. The summed E-state index contributed by atoms with van der Waals surface area (Å²) in [5.41, 5.74) is 5.27. The lowest BCUT2D eigenvalue weighted by Gasteiger charge is -2.06. The number of nitrogens with two attached hydrogens (primary N) is 1. The van der Waals surface area contributed by atoms with Crippen LogP contribution in [0.3, 0.4) is 0 Å². The molecule has 3 N–H and O–H groups in total. The monoisotopic (exact) mass is 245 g/mol. The molecule has 0 bridgehead atoms. The fourth-order valence-corrected chi connectivity index (χ4v) is 1.51. The van der Waals surface area contributed by atoms with Gasteiger partial charge >= 0.3 is 11.9 Å². The molecule has 0 rings (SSSR count). The molecule has 1 atom stereocenters. The molecular weight excluding hydrogens is 230 g/mol. The lowest BCUT2D eigenvalue weighted by atomic mass is 10.3. The Bertz CT molecular complexity index is 274. The van der Waals surface area contributed by atoms with Gasteiger partial charge in [0.15, 0.2) is 0 Å². The van der Waals surface area contributed by atoms with Crippen molar-refractivity contribution < 1.29 is 19.4 Å². The van der Waals surface area contributed by atoms with Crippen molar-refractivity contribution in [2.24, 2.45) is 5.73 Å². The van der Waals surface area contributed by atoms with Crippen molar-refractivity contribution in [2.45, 2.75) is 18.9 Å². The quantitative estimate of drug-likeness (QED) is 0.358. The number of carbonyl (C=O) groups is 2. The van der Waals surface area contributed by atoms with E-state index < -0.39 is 12.0 Å². The Hall–Kier alpha value is -1.19. The van der Waals surface area contributed by atoms with E-state index >= 15 is 0 Å². The number of carboxylic acid groups (broad SMARTS) is 1. The fraction of sp³-hybridized carbons (Fsp3) is 0.600. The van der Waals surface area contributed by atoms with Crippen molar-refractivity contribution in [1.82, 2.24) is 0 Å². The van der Waals surface area contributed by atoms with Gasteiger partial charge < -0.3 is 15.6 Å². The molecule has 0 fully saturated rings. The summed E-state index contributed by atoms with van der Waals surface area (Å²) in [6.07, 6.45) is 5.57. The summed E-state index contributed by atoms with van der Waals surface area (Å²) in [6, 6.07) is -0.873. The zero-order valence-corrected chi connectivity index (χ0v) is 9.66. The molecular formula is C10H15NO4S. The average Bonchev–Trinajstić information content (AvgIpc) is 2.25. The Kier molecular flexibility index (Phi) is 8.39. The number of esters is 1. The minimum atomic E-state index is -1.03. The van der Waals surface area contributed by atoms with Crippen LogP contribution in [0, 0.1) is 12.3 Å². The van der Waals surface area contributed by atoms with Crippen LogP contribution in [0.25, 0.3) is 0 Å². The fourth-order valence-electron chi connectivity index (χ4n) is 0.742. The molecule has 0 radical (unpaired) electrons.